The van der Waals surface area contributed by atoms with E-state index in [4.69, 9.17) is 0 Å². The van der Waals surface area contributed by atoms with Gasteiger partial charge in [-0.3, -0.25) is 4.79 Å². The molecule has 0 fully saturated rings. The summed E-state index contributed by atoms with van der Waals surface area (Å²) in [5.74, 6) is 0. The number of aromatic amines is 1. The Hall–Kier alpha value is -2.35. The van der Waals surface area contributed by atoms with Crippen LogP contribution in [0.1, 0.15) is 11.1 Å². The summed E-state index contributed by atoms with van der Waals surface area (Å²) in [6, 6.07) is 15.8. The minimum atomic E-state index is -0.0249. The maximum atomic E-state index is 12.2. The molecule has 0 aliphatic carbocycles. The standard InChI is InChI=1S/C17H15NO/c1-11-7-6-10-14-15(11)12(2)16(18-17(14)19)13-8-4-3-5-9-13/h3-10H,1-2H3,(H,18,19). The van der Waals surface area contributed by atoms with E-state index in [2.05, 4.69) is 11.9 Å². The van der Waals surface area contributed by atoms with E-state index in [1.165, 1.54) is 0 Å². The van der Waals surface area contributed by atoms with Crippen molar-refractivity contribution in [2.24, 2.45) is 0 Å². The summed E-state index contributed by atoms with van der Waals surface area (Å²) >= 11 is 0. The fourth-order valence-electron chi connectivity index (χ4n) is 2.65. The Kier molecular flexibility index (Phi) is 2.71. The SMILES string of the molecule is Cc1cccc2c(=O)[nH]c(-c3ccccc3)c(C)c12. The molecule has 0 saturated carbocycles. The molecule has 1 aromatic heterocycles. The van der Waals surface area contributed by atoms with Gasteiger partial charge in [-0.1, -0.05) is 42.5 Å². The van der Waals surface area contributed by atoms with Crippen molar-refractivity contribution < 1.29 is 0 Å². The molecule has 0 bridgehead atoms. The van der Waals surface area contributed by atoms with Crippen LogP contribution in [0.25, 0.3) is 22.0 Å². The van der Waals surface area contributed by atoms with Gasteiger partial charge in [-0.25, -0.2) is 0 Å². The number of rotatable bonds is 1. The molecule has 2 heteroatoms. The van der Waals surface area contributed by atoms with Gasteiger partial charge in [0.1, 0.15) is 0 Å². The molecule has 3 aromatic rings. The van der Waals surface area contributed by atoms with Crippen LogP contribution in [0, 0.1) is 13.8 Å². The molecule has 1 N–H and O–H groups in total. The summed E-state index contributed by atoms with van der Waals surface area (Å²) in [5, 5.41) is 1.82. The van der Waals surface area contributed by atoms with Crippen LogP contribution in [0.15, 0.2) is 53.3 Å². The van der Waals surface area contributed by atoms with E-state index in [1.807, 2.05) is 55.5 Å². The van der Waals surface area contributed by atoms with Crippen LogP contribution in [-0.4, -0.2) is 4.98 Å². The quantitative estimate of drug-likeness (QED) is 0.699. The fourth-order valence-corrected chi connectivity index (χ4v) is 2.65. The van der Waals surface area contributed by atoms with Crippen molar-refractivity contribution in [2.45, 2.75) is 13.8 Å². The van der Waals surface area contributed by atoms with E-state index in [1.54, 1.807) is 0 Å². The van der Waals surface area contributed by atoms with Crippen LogP contribution < -0.4 is 5.56 Å². The predicted octanol–water partition coefficient (Wildman–Crippen LogP) is 3.81. The monoisotopic (exact) mass is 249 g/mol. The van der Waals surface area contributed by atoms with Gasteiger partial charge in [0, 0.05) is 5.39 Å². The molecule has 0 atom stereocenters. The largest absolute Gasteiger partial charge is 0.321 e. The fraction of sp³-hybridized carbons (Fsp3) is 0.118. The predicted molar refractivity (Wildman–Crippen MR) is 79.5 cm³/mol. The Morgan fingerprint density at radius 3 is 2.37 bits per heavy atom. The van der Waals surface area contributed by atoms with Crippen molar-refractivity contribution in [1.82, 2.24) is 4.98 Å². The molecule has 0 unspecified atom stereocenters. The minimum Gasteiger partial charge on any atom is -0.321 e. The summed E-state index contributed by atoms with van der Waals surface area (Å²) in [6.07, 6.45) is 0. The summed E-state index contributed by atoms with van der Waals surface area (Å²) in [5.41, 5.74) is 4.19. The van der Waals surface area contributed by atoms with Gasteiger partial charge in [0.05, 0.1) is 5.69 Å². The first-order valence-electron chi connectivity index (χ1n) is 6.36. The third-order valence-corrected chi connectivity index (χ3v) is 3.57. The second-order valence-corrected chi connectivity index (χ2v) is 4.82. The number of aryl methyl sites for hydroxylation is 2. The molecule has 0 spiro atoms. The second-order valence-electron chi connectivity index (χ2n) is 4.82. The zero-order valence-corrected chi connectivity index (χ0v) is 11.0. The lowest BCUT2D eigenvalue weighted by Crippen LogP contribution is -2.10. The average molecular weight is 249 g/mol. The first-order valence-corrected chi connectivity index (χ1v) is 6.36. The van der Waals surface area contributed by atoms with Gasteiger partial charge in [-0.15, -0.1) is 0 Å². The molecule has 94 valence electrons. The smallest absolute Gasteiger partial charge is 0.256 e. The van der Waals surface area contributed by atoms with E-state index in [0.717, 1.165) is 33.2 Å². The number of pyridine rings is 1. The van der Waals surface area contributed by atoms with Crippen LogP contribution in [0.4, 0.5) is 0 Å². The summed E-state index contributed by atoms with van der Waals surface area (Å²) in [4.78, 5) is 15.2. The van der Waals surface area contributed by atoms with Gasteiger partial charge >= 0.3 is 0 Å². The number of benzene rings is 2. The van der Waals surface area contributed by atoms with Crippen molar-refractivity contribution >= 4 is 10.8 Å². The Balaban J connectivity index is 2.44. The molecule has 2 aromatic carbocycles. The highest BCUT2D eigenvalue weighted by molar-refractivity contribution is 5.91. The molecular weight excluding hydrogens is 234 g/mol. The molecule has 0 amide bonds. The third-order valence-electron chi connectivity index (χ3n) is 3.57. The topological polar surface area (TPSA) is 32.9 Å². The van der Waals surface area contributed by atoms with Crippen LogP contribution in [-0.2, 0) is 0 Å². The van der Waals surface area contributed by atoms with Crippen LogP contribution in [0.5, 0.6) is 0 Å². The number of hydrogen-bond acceptors (Lipinski definition) is 1. The van der Waals surface area contributed by atoms with Crippen molar-refractivity contribution in [3.63, 3.8) is 0 Å². The van der Waals surface area contributed by atoms with E-state index >= 15 is 0 Å². The Morgan fingerprint density at radius 1 is 0.895 bits per heavy atom. The maximum absolute atomic E-state index is 12.2. The normalized spacial score (nSPS) is 10.8. The Morgan fingerprint density at radius 2 is 1.63 bits per heavy atom. The molecule has 0 aliphatic heterocycles. The molecular formula is C17H15NO. The zero-order valence-electron chi connectivity index (χ0n) is 11.0. The number of H-pyrrole nitrogens is 1. The number of fused-ring (bicyclic) bond motifs is 1. The van der Waals surface area contributed by atoms with Gasteiger partial charge < -0.3 is 4.98 Å². The van der Waals surface area contributed by atoms with Crippen molar-refractivity contribution in [2.75, 3.05) is 0 Å². The lowest BCUT2D eigenvalue weighted by molar-refractivity contribution is 1.24. The van der Waals surface area contributed by atoms with Crippen LogP contribution in [0.2, 0.25) is 0 Å². The highest BCUT2D eigenvalue weighted by Gasteiger charge is 2.10. The maximum Gasteiger partial charge on any atom is 0.256 e. The second kappa shape index (κ2) is 4.39. The van der Waals surface area contributed by atoms with Gasteiger partial charge in [0.2, 0.25) is 0 Å². The molecule has 2 nitrogen and oxygen atoms in total. The number of nitrogens with one attached hydrogen (secondary N) is 1. The minimum absolute atomic E-state index is 0.0249. The van der Waals surface area contributed by atoms with E-state index in [9.17, 15) is 4.79 Å². The summed E-state index contributed by atoms with van der Waals surface area (Å²) < 4.78 is 0. The Labute approximate surface area is 111 Å². The average Bonchev–Trinajstić information content (AvgIpc) is 2.43. The first kappa shape index (κ1) is 11.7. The van der Waals surface area contributed by atoms with Gasteiger partial charge in [0.15, 0.2) is 0 Å². The highest BCUT2D eigenvalue weighted by Crippen LogP contribution is 2.27. The summed E-state index contributed by atoms with van der Waals surface area (Å²) in [7, 11) is 0. The highest BCUT2D eigenvalue weighted by atomic mass is 16.1. The molecule has 19 heavy (non-hydrogen) atoms. The van der Waals surface area contributed by atoms with Crippen LogP contribution in [0.3, 0.4) is 0 Å². The number of hydrogen-bond donors (Lipinski definition) is 1. The van der Waals surface area contributed by atoms with Gasteiger partial charge in [0.25, 0.3) is 5.56 Å². The Bertz CT molecular complexity index is 801. The summed E-state index contributed by atoms with van der Waals surface area (Å²) in [6.45, 7) is 4.11. The van der Waals surface area contributed by atoms with Crippen molar-refractivity contribution in [3.05, 3.63) is 70.0 Å². The van der Waals surface area contributed by atoms with E-state index in [-0.39, 0.29) is 5.56 Å². The molecule has 0 aliphatic rings. The van der Waals surface area contributed by atoms with Crippen molar-refractivity contribution in [1.29, 1.82) is 0 Å². The molecule has 3 rings (SSSR count). The first-order chi connectivity index (χ1) is 9.18. The number of aromatic nitrogens is 1. The lowest BCUT2D eigenvalue weighted by Gasteiger charge is -2.11. The molecule has 0 radical (unpaired) electrons. The van der Waals surface area contributed by atoms with Crippen LogP contribution >= 0.6 is 0 Å². The lowest BCUT2D eigenvalue weighted by atomic mass is 9.98. The molecule has 1 heterocycles. The zero-order chi connectivity index (χ0) is 13.4. The van der Waals surface area contributed by atoms with Gasteiger partial charge in [-0.05, 0) is 42.0 Å². The van der Waals surface area contributed by atoms with E-state index in [0.29, 0.717) is 0 Å². The van der Waals surface area contributed by atoms with Crippen molar-refractivity contribution in [3.8, 4) is 11.3 Å². The molecule has 0 saturated heterocycles. The van der Waals surface area contributed by atoms with Gasteiger partial charge in [-0.2, -0.15) is 0 Å². The third kappa shape index (κ3) is 1.85. The van der Waals surface area contributed by atoms with E-state index < -0.39 is 0 Å².